The van der Waals surface area contributed by atoms with Gasteiger partial charge in [0.2, 0.25) is 0 Å². The van der Waals surface area contributed by atoms with Gasteiger partial charge in [0.25, 0.3) is 0 Å². The molecule has 2 aromatic carbocycles. The van der Waals surface area contributed by atoms with E-state index in [1.165, 1.54) is 24.0 Å². The van der Waals surface area contributed by atoms with E-state index in [0.29, 0.717) is 19.6 Å². The monoisotopic (exact) mass is 423 g/mol. The number of hydrogen-bond donors (Lipinski definition) is 0. The molecule has 0 bridgehead atoms. The minimum Gasteiger partial charge on any atom is -0.459 e. The van der Waals surface area contributed by atoms with Gasteiger partial charge in [-0.1, -0.05) is 56.3 Å². The van der Waals surface area contributed by atoms with Crippen LogP contribution in [0.5, 0.6) is 0 Å². The first-order valence-corrected chi connectivity index (χ1v) is 10.7. The highest BCUT2D eigenvalue weighted by Crippen LogP contribution is 2.38. The van der Waals surface area contributed by atoms with Crippen molar-refractivity contribution in [1.82, 2.24) is 14.8 Å². The molecule has 31 heavy (non-hydrogen) atoms. The largest absolute Gasteiger partial charge is 0.459 e. The van der Waals surface area contributed by atoms with Crippen LogP contribution in [0.15, 0.2) is 55.1 Å². The Morgan fingerprint density at radius 3 is 2.65 bits per heavy atom. The maximum Gasteiger partial charge on any atom is 0.303 e. The Balaban J connectivity index is 1.73. The van der Waals surface area contributed by atoms with Crippen molar-refractivity contribution in [3.05, 3.63) is 60.7 Å². The molecule has 1 fully saturated rings. The van der Waals surface area contributed by atoms with E-state index in [0.717, 1.165) is 12.0 Å². The first-order chi connectivity index (χ1) is 15.0. The molecule has 7 nitrogen and oxygen atoms in total. The molecule has 2 heterocycles. The molecule has 164 valence electrons. The van der Waals surface area contributed by atoms with Gasteiger partial charge in [0.1, 0.15) is 18.8 Å². The number of ether oxygens (including phenoxy) is 3. The van der Waals surface area contributed by atoms with Gasteiger partial charge < -0.3 is 14.2 Å². The fourth-order valence-corrected chi connectivity index (χ4v) is 4.34. The first-order valence-electron chi connectivity index (χ1n) is 10.7. The molecular weight excluding hydrogens is 394 g/mol. The van der Waals surface area contributed by atoms with Crippen LogP contribution >= 0.6 is 0 Å². The maximum atomic E-state index is 12.1. The van der Waals surface area contributed by atoms with E-state index in [9.17, 15) is 4.79 Å². The van der Waals surface area contributed by atoms with Gasteiger partial charge in [-0.2, -0.15) is 5.10 Å². The van der Waals surface area contributed by atoms with Gasteiger partial charge in [0.05, 0.1) is 24.7 Å². The topological polar surface area (TPSA) is 75.5 Å². The smallest absolute Gasteiger partial charge is 0.303 e. The molecule has 0 spiro atoms. The SMILES string of the molecule is CCC1OCC(C)(C(OC(C)=O)C(Cc2cccc3ccccc23)n2cncn2)CO1. The molecule has 1 aliphatic rings. The van der Waals surface area contributed by atoms with E-state index in [1.807, 2.05) is 26.0 Å². The number of carbonyl (C=O) groups excluding carboxylic acids is 1. The van der Waals surface area contributed by atoms with Crippen LogP contribution in [0.2, 0.25) is 0 Å². The summed E-state index contributed by atoms with van der Waals surface area (Å²) in [4.78, 5) is 16.3. The van der Waals surface area contributed by atoms with Gasteiger partial charge in [0, 0.05) is 6.92 Å². The van der Waals surface area contributed by atoms with E-state index in [4.69, 9.17) is 14.2 Å². The van der Waals surface area contributed by atoms with Crippen LogP contribution in [-0.2, 0) is 25.4 Å². The fourth-order valence-electron chi connectivity index (χ4n) is 4.34. The quantitative estimate of drug-likeness (QED) is 0.536. The Morgan fingerprint density at radius 2 is 1.97 bits per heavy atom. The number of esters is 1. The lowest BCUT2D eigenvalue weighted by atomic mass is 9.79. The second-order valence-electron chi connectivity index (χ2n) is 8.43. The number of hydrogen-bond acceptors (Lipinski definition) is 6. The Bertz CT molecular complexity index is 1010. The molecule has 2 unspecified atom stereocenters. The molecule has 0 radical (unpaired) electrons. The van der Waals surface area contributed by atoms with E-state index in [-0.39, 0.29) is 18.3 Å². The van der Waals surface area contributed by atoms with Crippen LogP contribution in [0.1, 0.15) is 38.8 Å². The lowest BCUT2D eigenvalue weighted by molar-refractivity contribution is -0.252. The highest BCUT2D eigenvalue weighted by atomic mass is 16.7. The minimum atomic E-state index is -0.529. The van der Waals surface area contributed by atoms with Crippen LogP contribution in [0.25, 0.3) is 10.8 Å². The average Bonchev–Trinajstić information content (AvgIpc) is 3.31. The summed E-state index contributed by atoms with van der Waals surface area (Å²) >= 11 is 0. The van der Waals surface area contributed by atoms with E-state index >= 15 is 0 Å². The Kier molecular flexibility index (Phi) is 6.34. The average molecular weight is 424 g/mol. The third kappa shape index (κ3) is 4.62. The highest BCUT2D eigenvalue weighted by molar-refractivity contribution is 5.85. The number of fused-ring (bicyclic) bond motifs is 1. The molecular formula is C24H29N3O4. The lowest BCUT2D eigenvalue weighted by Gasteiger charge is -2.44. The summed E-state index contributed by atoms with van der Waals surface area (Å²) in [5.74, 6) is -0.341. The van der Waals surface area contributed by atoms with Crippen LogP contribution in [-0.4, -0.2) is 46.3 Å². The number of benzene rings is 2. The zero-order chi connectivity index (χ0) is 21.8. The van der Waals surface area contributed by atoms with Crippen molar-refractivity contribution in [1.29, 1.82) is 0 Å². The fraction of sp³-hybridized carbons (Fsp3) is 0.458. The molecule has 1 aliphatic heterocycles. The van der Waals surface area contributed by atoms with E-state index in [1.54, 1.807) is 11.0 Å². The summed E-state index contributed by atoms with van der Waals surface area (Å²) < 4.78 is 19.6. The summed E-state index contributed by atoms with van der Waals surface area (Å²) in [6.07, 6.45) is 3.84. The zero-order valence-electron chi connectivity index (χ0n) is 18.2. The number of rotatable bonds is 7. The van der Waals surface area contributed by atoms with Crippen LogP contribution in [0, 0.1) is 5.41 Å². The maximum absolute atomic E-state index is 12.1. The van der Waals surface area contributed by atoms with Crippen molar-refractivity contribution in [2.24, 2.45) is 5.41 Å². The van der Waals surface area contributed by atoms with Gasteiger partial charge in [0.15, 0.2) is 6.29 Å². The third-order valence-corrected chi connectivity index (χ3v) is 5.95. The molecule has 7 heteroatoms. The number of nitrogens with zero attached hydrogens (tertiary/aromatic N) is 3. The van der Waals surface area contributed by atoms with Gasteiger partial charge in [-0.05, 0) is 29.2 Å². The molecule has 4 rings (SSSR count). The summed E-state index contributed by atoms with van der Waals surface area (Å²) in [7, 11) is 0. The summed E-state index contributed by atoms with van der Waals surface area (Å²) in [6.45, 7) is 6.37. The van der Waals surface area contributed by atoms with Crippen LogP contribution < -0.4 is 0 Å². The van der Waals surface area contributed by atoms with Crippen molar-refractivity contribution in [3.8, 4) is 0 Å². The van der Waals surface area contributed by atoms with Crippen molar-refractivity contribution < 1.29 is 19.0 Å². The van der Waals surface area contributed by atoms with Crippen LogP contribution in [0.4, 0.5) is 0 Å². The predicted octanol–water partition coefficient (Wildman–Crippen LogP) is 3.94. The third-order valence-electron chi connectivity index (χ3n) is 5.95. The summed E-state index contributed by atoms with van der Waals surface area (Å²) in [5.41, 5.74) is 0.627. The van der Waals surface area contributed by atoms with Gasteiger partial charge >= 0.3 is 5.97 Å². The number of aromatic nitrogens is 3. The summed E-state index contributed by atoms with van der Waals surface area (Å²) in [6, 6.07) is 14.3. The van der Waals surface area contributed by atoms with E-state index in [2.05, 4.69) is 40.4 Å². The molecule has 0 saturated carbocycles. The molecule has 0 aliphatic carbocycles. The standard InChI is InChI=1S/C24H29N3O4/c1-4-22-29-13-24(3,14-30-22)23(31-17(2)28)21(27-16-25-15-26-27)12-19-10-7-9-18-8-5-6-11-20(18)19/h5-11,15-16,21-23H,4,12-14H2,1-3H3. The highest BCUT2D eigenvalue weighted by Gasteiger charge is 2.46. The van der Waals surface area contributed by atoms with Crippen molar-refractivity contribution >= 4 is 16.7 Å². The van der Waals surface area contributed by atoms with Crippen LogP contribution in [0.3, 0.4) is 0 Å². The first kappa shape index (κ1) is 21.5. The second kappa shape index (κ2) is 9.16. The molecule has 2 atom stereocenters. The predicted molar refractivity (Wildman–Crippen MR) is 116 cm³/mol. The Labute approximate surface area is 182 Å². The molecule has 0 amide bonds. The lowest BCUT2D eigenvalue weighted by Crippen LogP contribution is -2.52. The minimum absolute atomic E-state index is 0.228. The zero-order valence-corrected chi connectivity index (χ0v) is 18.2. The second-order valence-corrected chi connectivity index (χ2v) is 8.43. The van der Waals surface area contributed by atoms with Gasteiger partial charge in [-0.25, -0.2) is 9.67 Å². The van der Waals surface area contributed by atoms with E-state index < -0.39 is 11.5 Å². The molecule has 3 aromatic rings. The molecule has 1 saturated heterocycles. The van der Waals surface area contributed by atoms with Crippen molar-refractivity contribution in [3.63, 3.8) is 0 Å². The summed E-state index contributed by atoms with van der Waals surface area (Å²) in [5, 5.41) is 6.75. The Hall–Kier alpha value is -2.77. The molecule has 0 N–H and O–H groups in total. The Morgan fingerprint density at radius 1 is 1.23 bits per heavy atom. The van der Waals surface area contributed by atoms with Gasteiger partial charge in [-0.3, -0.25) is 4.79 Å². The normalized spacial score (nSPS) is 23.4. The van der Waals surface area contributed by atoms with Crippen molar-refractivity contribution in [2.45, 2.75) is 52.0 Å². The number of carbonyl (C=O) groups is 1. The van der Waals surface area contributed by atoms with Gasteiger partial charge in [-0.15, -0.1) is 0 Å². The van der Waals surface area contributed by atoms with Crippen molar-refractivity contribution in [2.75, 3.05) is 13.2 Å². The molecule has 1 aromatic heterocycles.